The van der Waals surface area contributed by atoms with E-state index in [0.717, 1.165) is 17.5 Å². The Kier molecular flexibility index (Phi) is 7.63. The number of nitrogens with zero attached hydrogens (tertiary/aromatic N) is 2. The summed E-state index contributed by atoms with van der Waals surface area (Å²) < 4.78 is 0. The maximum absolute atomic E-state index is 12.5. The minimum atomic E-state index is -0.0217. The lowest BCUT2D eigenvalue weighted by Crippen LogP contribution is -2.51. The summed E-state index contributed by atoms with van der Waals surface area (Å²) in [4.78, 5) is 29.0. The predicted molar refractivity (Wildman–Crippen MR) is 120 cm³/mol. The molecule has 0 radical (unpaired) electrons. The fourth-order valence-electron chi connectivity index (χ4n) is 3.86. The van der Waals surface area contributed by atoms with Crippen molar-refractivity contribution < 1.29 is 9.59 Å². The fourth-order valence-corrected chi connectivity index (χ4v) is 3.86. The summed E-state index contributed by atoms with van der Waals surface area (Å²) in [6.45, 7) is 9.54. The molecule has 2 aromatic carbocycles. The molecule has 2 amide bonds. The first kappa shape index (κ1) is 22.0. The van der Waals surface area contributed by atoms with Gasteiger partial charge in [0.05, 0.1) is 12.6 Å². The van der Waals surface area contributed by atoms with Crippen LogP contribution in [0.25, 0.3) is 0 Å². The lowest BCUT2D eigenvalue weighted by molar-refractivity contribution is -0.123. The molecule has 5 nitrogen and oxygen atoms in total. The normalized spacial score (nSPS) is 15.8. The molecule has 160 valence electrons. The van der Waals surface area contributed by atoms with E-state index in [0.29, 0.717) is 38.6 Å². The Labute approximate surface area is 180 Å². The zero-order valence-electron chi connectivity index (χ0n) is 18.3. The van der Waals surface area contributed by atoms with E-state index >= 15 is 0 Å². The van der Waals surface area contributed by atoms with Crippen molar-refractivity contribution in [1.82, 2.24) is 15.1 Å². The van der Waals surface area contributed by atoms with E-state index in [1.54, 1.807) is 0 Å². The Balaban J connectivity index is 1.44. The Bertz CT molecular complexity index is 825. The van der Waals surface area contributed by atoms with Gasteiger partial charge in [0, 0.05) is 31.7 Å². The number of hydrogen-bond donors (Lipinski definition) is 1. The number of rotatable bonds is 7. The van der Waals surface area contributed by atoms with Gasteiger partial charge in [0.2, 0.25) is 5.91 Å². The third kappa shape index (κ3) is 6.17. The third-order valence-electron chi connectivity index (χ3n) is 5.55. The standard InChI is InChI=1S/C25H33N3O2/c1-19(2)17-21-9-11-22(12-10-21)20(3)26-24(29)18-27-13-15-28(16-14-27)25(30)23-7-5-4-6-8-23/h4-12,19-20H,13-18H2,1-3H3,(H,26,29)/t20-/m1/s1. The summed E-state index contributed by atoms with van der Waals surface area (Å²) in [7, 11) is 0. The topological polar surface area (TPSA) is 52.7 Å². The first-order chi connectivity index (χ1) is 14.4. The number of amides is 2. The van der Waals surface area contributed by atoms with Gasteiger partial charge in [-0.25, -0.2) is 0 Å². The quantitative estimate of drug-likeness (QED) is 0.764. The van der Waals surface area contributed by atoms with Crippen LogP contribution in [0.5, 0.6) is 0 Å². The summed E-state index contributed by atoms with van der Waals surface area (Å²) in [5, 5.41) is 3.10. The largest absolute Gasteiger partial charge is 0.348 e. The van der Waals surface area contributed by atoms with Crippen molar-refractivity contribution >= 4 is 11.8 Å². The molecule has 1 heterocycles. The van der Waals surface area contributed by atoms with Crippen LogP contribution in [-0.4, -0.2) is 54.3 Å². The number of carbonyl (C=O) groups is 2. The highest BCUT2D eigenvalue weighted by atomic mass is 16.2. The minimum absolute atomic E-state index is 0.0217. The second-order valence-corrected chi connectivity index (χ2v) is 8.56. The van der Waals surface area contributed by atoms with E-state index in [9.17, 15) is 9.59 Å². The third-order valence-corrected chi connectivity index (χ3v) is 5.55. The molecule has 1 fully saturated rings. The molecule has 0 aliphatic carbocycles. The maximum atomic E-state index is 12.5. The summed E-state index contributed by atoms with van der Waals surface area (Å²) >= 11 is 0. The number of carbonyl (C=O) groups excluding carboxylic acids is 2. The predicted octanol–water partition coefficient (Wildman–Crippen LogP) is 3.52. The molecule has 3 rings (SSSR count). The molecule has 0 aromatic heterocycles. The first-order valence-electron chi connectivity index (χ1n) is 10.9. The van der Waals surface area contributed by atoms with Crippen molar-refractivity contribution in [1.29, 1.82) is 0 Å². The van der Waals surface area contributed by atoms with Crippen LogP contribution in [0.1, 0.15) is 48.3 Å². The van der Waals surface area contributed by atoms with Gasteiger partial charge in [0.25, 0.3) is 5.91 Å². The summed E-state index contributed by atoms with van der Waals surface area (Å²) in [6.07, 6.45) is 1.07. The van der Waals surface area contributed by atoms with Gasteiger partial charge >= 0.3 is 0 Å². The van der Waals surface area contributed by atoms with E-state index in [4.69, 9.17) is 0 Å². The highest BCUT2D eigenvalue weighted by Crippen LogP contribution is 2.16. The van der Waals surface area contributed by atoms with Crippen molar-refractivity contribution in [3.63, 3.8) is 0 Å². The Hall–Kier alpha value is -2.66. The van der Waals surface area contributed by atoms with Gasteiger partial charge in [0.15, 0.2) is 0 Å². The van der Waals surface area contributed by atoms with E-state index < -0.39 is 0 Å². The number of nitrogens with one attached hydrogen (secondary N) is 1. The molecule has 1 aliphatic rings. The molecule has 0 bridgehead atoms. The van der Waals surface area contributed by atoms with Gasteiger partial charge in [-0.05, 0) is 42.5 Å². The van der Waals surface area contributed by atoms with E-state index in [-0.39, 0.29) is 17.9 Å². The average Bonchev–Trinajstić information content (AvgIpc) is 2.74. The van der Waals surface area contributed by atoms with Gasteiger partial charge in [0.1, 0.15) is 0 Å². The van der Waals surface area contributed by atoms with Crippen LogP contribution in [0.2, 0.25) is 0 Å². The van der Waals surface area contributed by atoms with Gasteiger partial charge in [-0.1, -0.05) is 56.3 Å². The number of hydrogen-bond acceptors (Lipinski definition) is 3. The lowest BCUT2D eigenvalue weighted by Gasteiger charge is -2.34. The van der Waals surface area contributed by atoms with Crippen LogP contribution >= 0.6 is 0 Å². The van der Waals surface area contributed by atoms with Gasteiger partial charge < -0.3 is 10.2 Å². The summed E-state index contributed by atoms with van der Waals surface area (Å²) in [5.74, 6) is 0.724. The number of piperazine rings is 1. The second-order valence-electron chi connectivity index (χ2n) is 8.56. The van der Waals surface area contributed by atoms with E-state index in [2.05, 4.69) is 48.3 Å². The molecule has 1 N–H and O–H groups in total. The zero-order chi connectivity index (χ0) is 21.5. The zero-order valence-corrected chi connectivity index (χ0v) is 18.3. The average molecular weight is 408 g/mol. The minimum Gasteiger partial charge on any atom is -0.348 e. The Morgan fingerprint density at radius 1 is 0.900 bits per heavy atom. The molecule has 1 atom stereocenters. The smallest absolute Gasteiger partial charge is 0.253 e. The number of benzene rings is 2. The van der Waals surface area contributed by atoms with Crippen LogP contribution in [0, 0.1) is 5.92 Å². The molecular weight excluding hydrogens is 374 g/mol. The van der Waals surface area contributed by atoms with Crippen LogP contribution in [0.3, 0.4) is 0 Å². The van der Waals surface area contributed by atoms with Gasteiger partial charge in [-0.3, -0.25) is 14.5 Å². The molecule has 0 spiro atoms. The Morgan fingerprint density at radius 3 is 2.13 bits per heavy atom. The molecule has 30 heavy (non-hydrogen) atoms. The molecule has 0 unspecified atom stereocenters. The molecule has 0 saturated carbocycles. The molecule has 5 heteroatoms. The van der Waals surface area contributed by atoms with Gasteiger partial charge in [-0.2, -0.15) is 0 Å². The first-order valence-corrected chi connectivity index (χ1v) is 10.9. The SMILES string of the molecule is CC(C)Cc1ccc([C@@H](C)NC(=O)CN2CCN(C(=O)c3ccccc3)CC2)cc1. The van der Waals surface area contributed by atoms with Gasteiger partial charge in [-0.15, -0.1) is 0 Å². The molecule has 2 aromatic rings. The fraction of sp³-hybridized carbons (Fsp3) is 0.440. The highest BCUT2D eigenvalue weighted by Gasteiger charge is 2.23. The van der Waals surface area contributed by atoms with Crippen molar-refractivity contribution in [3.05, 3.63) is 71.3 Å². The van der Waals surface area contributed by atoms with E-state index in [1.807, 2.05) is 42.2 Å². The van der Waals surface area contributed by atoms with Crippen molar-refractivity contribution in [2.24, 2.45) is 5.92 Å². The van der Waals surface area contributed by atoms with E-state index in [1.165, 1.54) is 5.56 Å². The highest BCUT2D eigenvalue weighted by molar-refractivity contribution is 5.94. The summed E-state index contributed by atoms with van der Waals surface area (Å²) in [6, 6.07) is 17.9. The van der Waals surface area contributed by atoms with Crippen LogP contribution in [0.4, 0.5) is 0 Å². The molecule has 1 aliphatic heterocycles. The maximum Gasteiger partial charge on any atom is 0.253 e. The lowest BCUT2D eigenvalue weighted by atomic mass is 10.00. The van der Waals surface area contributed by atoms with Crippen molar-refractivity contribution in [2.75, 3.05) is 32.7 Å². The van der Waals surface area contributed by atoms with Crippen LogP contribution in [-0.2, 0) is 11.2 Å². The monoisotopic (exact) mass is 407 g/mol. The summed E-state index contributed by atoms with van der Waals surface area (Å²) in [5.41, 5.74) is 3.17. The molecular formula is C25H33N3O2. The second kappa shape index (κ2) is 10.4. The van der Waals surface area contributed by atoms with Crippen LogP contribution in [0.15, 0.2) is 54.6 Å². The van der Waals surface area contributed by atoms with Crippen molar-refractivity contribution in [2.45, 2.75) is 33.2 Å². The van der Waals surface area contributed by atoms with Crippen LogP contribution < -0.4 is 5.32 Å². The Morgan fingerprint density at radius 2 is 1.53 bits per heavy atom. The molecule has 1 saturated heterocycles. The van der Waals surface area contributed by atoms with Crippen molar-refractivity contribution in [3.8, 4) is 0 Å².